The molecule has 0 radical (unpaired) electrons. The molecule has 0 atom stereocenters. The first-order valence-corrected chi connectivity index (χ1v) is 10.2. The second kappa shape index (κ2) is 11.9. The Morgan fingerprint density at radius 3 is 1.29 bits per heavy atom. The van der Waals surface area contributed by atoms with Gasteiger partial charge in [-0.2, -0.15) is 15.3 Å². The predicted octanol–water partition coefficient (Wildman–Crippen LogP) is 5.58. The average Bonchev–Trinajstić information content (AvgIpc) is 2.77. The number of hydrazone groups is 2. The van der Waals surface area contributed by atoms with Crippen molar-refractivity contribution < 1.29 is 0 Å². The predicted molar refractivity (Wildman–Crippen MR) is 131 cm³/mol. The Balaban J connectivity index is 1.69. The highest BCUT2D eigenvalue weighted by molar-refractivity contribution is 6.31. The largest absolute Gasteiger partial charge is 0.257 e. The molecule has 0 fully saturated rings. The first-order chi connectivity index (χ1) is 15.1. The Labute approximate surface area is 195 Å². The Kier molecular flexibility index (Phi) is 8.60. The zero-order valence-electron chi connectivity index (χ0n) is 16.1. The Bertz CT molecular complexity index is 1030. The average molecular weight is 472 g/mol. The number of hydrogen-bond donors (Lipinski definition) is 2. The van der Waals surface area contributed by atoms with E-state index in [9.17, 15) is 0 Å². The van der Waals surface area contributed by atoms with Crippen molar-refractivity contribution in [2.24, 2.45) is 20.4 Å². The van der Waals surface area contributed by atoms with Crippen molar-refractivity contribution in [3.05, 3.63) is 105 Å². The minimum Gasteiger partial charge on any atom is -0.244 e. The maximum Gasteiger partial charge on any atom is 0.257 e. The molecule has 0 aliphatic heterocycles. The normalized spacial score (nSPS) is 11.3. The minimum absolute atomic E-state index is 0.223. The molecule has 3 aromatic rings. The van der Waals surface area contributed by atoms with Gasteiger partial charge in [0, 0.05) is 15.1 Å². The van der Waals surface area contributed by atoms with Gasteiger partial charge in [0.2, 0.25) is 0 Å². The van der Waals surface area contributed by atoms with Gasteiger partial charge in [0.05, 0.1) is 18.6 Å². The quantitative estimate of drug-likeness (QED) is 0.280. The molecule has 0 spiro atoms. The van der Waals surface area contributed by atoms with Crippen LogP contribution in [0.3, 0.4) is 0 Å². The van der Waals surface area contributed by atoms with Crippen molar-refractivity contribution in [3.63, 3.8) is 0 Å². The number of nitrogens with one attached hydrogen (secondary N) is 2. The zero-order chi connectivity index (χ0) is 21.9. The van der Waals surface area contributed by atoms with Gasteiger partial charge in [-0.3, -0.25) is 0 Å². The van der Waals surface area contributed by atoms with E-state index in [2.05, 4.69) is 31.3 Å². The van der Waals surface area contributed by atoms with E-state index >= 15 is 0 Å². The van der Waals surface area contributed by atoms with Crippen LogP contribution in [0.25, 0.3) is 0 Å². The second-order valence-electron chi connectivity index (χ2n) is 6.09. The Morgan fingerprint density at radius 1 is 0.548 bits per heavy atom. The van der Waals surface area contributed by atoms with Crippen LogP contribution in [-0.2, 0) is 0 Å². The van der Waals surface area contributed by atoms with Gasteiger partial charge in [0.25, 0.3) is 5.96 Å². The van der Waals surface area contributed by atoms with Crippen LogP contribution in [0.4, 0.5) is 0 Å². The van der Waals surface area contributed by atoms with E-state index in [1.165, 1.54) is 0 Å². The monoisotopic (exact) mass is 470 g/mol. The molecule has 0 saturated carbocycles. The molecule has 156 valence electrons. The topological polar surface area (TPSA) is 73.5 Å². The van der Waals surface area contributed by atoms with Gasteiger partial charge in [-0.05, 0) is 53.1 Å². The molecule has 3 rings (SSSR count). The molecule has 31 heavy (non-hydrogen) atoms. The molecule has 0 amide bonds. The van der Waals surface area contributed by atoms with E-state index in [0.29, 0.717) is 15.1 Å². The first kappa shape index (κ1) is 22.5. The van der Waals surface area contributed by atoms with E-state index in [1.54, 1.807) is 55.0 Å². The molecule has 0 aromatic heterocycles. The van der Waals surface area contributed by atoms with Gasteiger partial charge in [-0.1, -0.05) is 71.2 Å². The summed E-state index contributed by atoms with van der Waals surface area (Å²) in [5.41, 5.74) is 8.14. The van der Waals surface area contributed by atoms with Gasteiger partial charge in [0.1, 0.15) is 0 Å². The Hall–Kier alpha value is -3.19. The van der Waals surface area contributed by atoms with E-state index in [1.807, 2.05) is 36.4 Å². The molecule has 0 saturated heterocycles. The molecular formula is C22H17Cl3N6. The lowest BCUT2D eigenvalue weighted by molar-refractivity contribution is 0.890. The highest BCUT2D eigenvalue weighted by Gasteiger charge is 1.96. The summed E-state index contributed by atoms with van der Waals surface area (Å²) >= 11 is 17.7. The van der Waals surface area contributed by atoms with Gasteiger partial charge in [-0.25, -0.2) is 10.9 Å². The number of nitrogens with zero attached hydrogens (tertiary/aromatic N) is 4. The fourth-order valence-corrected chi connectivity index (χ4v) is 2.58. The summed E-state index contributed by atoms with van der Waals surface area (Å²) in [6, 6.07) is 21.7. The van der Waals surface area contributed by atoms with E-state index in [0.717, 1.165) is 16.7 Å². The van der Waals surface area contributed by atoms with Crippen molar-refractivity contribution in [3.8, 4) is 0 Å². The maximum atomic E-state index is 5.89. The summed E-state index contributed by atoms with van der Waals surface area (Å²) in [6.07, 6.45) is 4.84. The third-order valence-electron chi connectivity index (χ3n) is 3.74. The zero-order valence-corrected chi connectivity index (χ0v) is 18.4. The smallest absolute Gasteiger partial charge is 0.244 e. The van der Waals surface area contributed by atoms with Crippen LogP contribution in [-0.4, -0.2) is 24.6 Å². The van der Waals surface area contributed by atoms with Crippen molar-refractivity contribution in [1.29, 1.82) is 0 Å². The van der Waals surface area contributed by atoms with Gasteiger partial charge in [-0.15, -0.1) is 5.10 Å². The fraction of sp³-hybridized carbons (Fsp3) is 0. The third-order valence-corrected chi connectivity index (χ3v) is 4.50. The van der Waals surface area contributed by atoms with Crippen molar-refractivity contribution in [2.75, 3.05) is 0 Å². The fourth-order valence-electron chi connectivity index (χ4n) is 2.21. The summed E-state index contributed by atoms with van der Waals surface area (Å²) in [6.45, 7) is 0. The summed E-state index contributed by atoms with van der Waals surface area (Å²) in [4.78, 5) is 0. The number of hydrogen-bond acceptors (Lipinski definition) is 4. The highest BCUT2D eigenvalue weighted by Crippen LogP contribution is 2.09. The number of benzene rings is 3. The minimum atomic E-state index is 0.223. The van der Waals surface area contributed by atoms with Gasteiger partial charge < -0.3 is 0 Å². The number of rotatable bonds is 6. The van der Waals surface area contributed by atoms with Gasteiger partial charge in [0.15, 0.2) is 0 Å². The van der Waals surface area contributed by atoms with Crippen molar-refractivity contribution in [1.82, 2.24) is 10.9 Å². The molecule has 0 unspecified atom stereocenters. The summed E-state index contributed by atoms with van der Waals surface area (Å²) in [5, 5.41) is 18.4. The highest BCUT2D eigenvalue weighted by atomic mass is 35.5. The molecule has 9 heteroatoms. The van der Waals surface area contributed by atoms with Crippen LogP contribution in [0, 0.1) is 0 Å². The summed E-state index contributed by atoms with van der Waals surface area (Å²) in [7, 11) is 0. The molecule has 3 aromatic carbocycles. The van der Waals surface area contributed by atoms with E-state index in [-0.39, 0.29) is 5.96 Å². The first-order valence-electron chi connectivity index (χ1n) is 9.04. The van der Waals surface area contributed by atoms with Crippen molar-refractivity contribution in [2.45, 2.75) is 0 Å². The van der Waals surface area contributed by atoms with Crippen LogP contribution in [0.1, 0.15) is 16.7 Å². The molecule has 0 aliphatic rings. The van der Waals surface area contributed by atoms with E-state index < -0.39 is 0 Å². The van der Waals surface area contributed by atoms with Crippen LogP contribution < -0.4 is 10.9 Å². The molecule has 6 nitrogen and oxygen atoms in total. The van der Waals surface area contributed by atoms with Crippen LogP contribution in [0.15, 0.2) is 93.2 Å². The summed E-state index contributed by atoms with van der Waals surface area (Å²) in [5.74, 6) is 0.223. The van der Waals surface area contributed by atoms with E-state index in [4.69, 9.17) is 34.8 Å². The SMILES string of the molecule is Clc1ccc(/C=N\N=C(N/N=C\c2ccc(Cl)cc2)N/N=C\c2ccc(Cl)cc2)cc1. The molecular weight excluding hydrogens is 455 g/mol. The molecule has 2 N–H and O–H groups in total. The lowest BCUT2D eigenvalue weighted by atomic mass is 10.2. The molecule has 0 aliphatic carbocycles. The van der Waals surface area contributed by atoms with Crippen LogP contribution >= 0.6 is 34.8 Å². The lowest BCUT2D eigenvalue weighted by Gasteiger charge is -2.02. The number of guanidine groups is 1. The molecule has 0 bridgehead atoms. The standard InChI is InChI=1S/C22H17Cl3N6/c23-19-7-1-16(2-8-19)13-26-29-22(30-27-14-17-3-9-20(24)10-4-17)31-28-15-18-5-11-21(25)12-6-18/h1-15H,(H2,29,30,31)/b26-13-,27-14-,28-15-. The van der Waals surface area contributed by atoms with Crippen LogP contribution in [0.5, 0.6) is 0 Å². The maximum absolute atomic E-state index is 5.89. The second-order valence-corrected chi connectivity index (χ2v) is 7.40. The summed E-state index contributed by atoms with van der Waals surface area (Å²) < 4.78 is 0. The Morgan fingerprint density at radius 2 is 0.903 bits per heavy atom. The van der Waals surface area contributed by atoms with Crippen molar-refractivity contribution >= 4 is 59.4 Å². The van der Waals surface area contributed by atoms with Crippen LogP contribution in [0.2, 0.25) is 15.1 Å². The third kappa shape index (κ3) is 8.22. The molecule has 0 heterocycles. The van der Waals surface area contributed by atoms with Gasteiger partial charge >= 0.3 is 0 Å². The number of halogens is 3. The lowest BCUT2D eigenvalue weighted by Crippen LogP contribution is -2.30.